The van der Waals surface area contributed by atoms with E-state index >= 15 is 0 Å². The molecule has 0 spiro atoms. The van der Waals surface area contributed by atoms with Gasteiger partial charge >= 0.3 is 0 Å². The van der Waals surface area contributed by atoms with Crippen molar-refractivity contribution in [2.75, 3.05) is 0 Å². The van der Waals surface area contributed by atoms with E-state index in [2.05, 4.69) is 132 Å². The van der Waals surface area contributed by atoms with Crippen LogP contribution in [0.25, 0.3) is 93.4 Å². The fourth-order valence-electron chi connectivity index (χ4n) is 7.30. The summed E-state index contributed by atoms with van der Waals surface area (Å²) >= 11 is 0. The Morgan fingerprint density at radius 3 is 1.67 bits per heavy atom. The summed E-state index contributed by atoms with van der Waals surface area (Å²) in [5.41, 5.74) is 9.17. The Morgan fingerprint density at radius 2 is 0.956 bits per heavy atom. The molecule has 2 aromatic heterocycles. The van der Waals surface area contributed by atoms with E-state index in [0.29, 0.717) is 0 Å². The second-order valence-electron chi connectivity index (χ2n) is 11.8. The van der Waals surface area contributed by atoms with Crippen LogP contribution in [0.1, 0.15) is 0 Å². The standard InChI is InChI=1S/C42H25N3/c1-3-12-26(13-4-1)41-42(44-36-20-10-9-19-35(36)43-41)29-24-34-33-23-28-15-8-7-14-27(28)22-32(33)31-18-11-21-37-39(31)40(34)38(25-29)45(37)30-16-5-2-6-17-30/h1-25H. The quantitative estimate of drug-likeness (QED) is 0.156. The fraction of sp³-hybridized carbons (Fsp3) is 0. The molecule has 0 aliphatic heterocycles. The Labute approximate surface area is 259 Å². The van der Waals surface area contributed by atoms with Crippen molar-refractivity contribution in [3.8, 4) is 28.2 Å². The highest BCUT2D eigenvalue weighted by Gasteiger charge is 2.23. The van der Waals surface area contributed by atoms with Gasteiger partial charge in [0.15, 0.2) is 0 Å². The third-order valence-electron chi connectivity index (χ3n) is 9.26. The van der Waals surface area contributed by atoms with Gasteiger partial charge in [-0.05, 0) is 86.9 Å². The Kier molecular flexibility index (Phi) is 5.00. The number of para-hydroxylation sites is 3. The Morgan fingerprint density at radius 1 is 0.378 bits per heavy atom. The van der Waals surface area contributed by atoms with Gasteiger partial charge in [-0.1, -0.05) is 97.1 Å². The largest absolute Gasteiger partial charge is 0.309 e. The van der Waals surface area contributed by atoms with E-state index < -0.39 is 0 Å². The molecule has 0 fully saturated rings. The highest BCUT2D eigenvalue weighted by atomic mass is 15.0. The monoisotopic (exact) mass is 571 g/mol. The van der Waals surface area contributed by atoms with Gasteiger partial charge in [0.1, 0.15) is 0 Å². The van der Waals surface area contributed by atoms with Crippen LogP contribution in [0, 0.1) is 0 Å². The normalized spacial score (nSPS) is 12.0. The number of nitrogens with zero attached hydrogens (tertiary/aromatic N) is 3. The lowest BCUT2D eigenvalue weighted by molar-refractivity contribution is 1.18. The lowest BCUT2D eigenvalue weighted by atomic mass is 9.90. The van der Waals surface area contributed by atoms with Crippen molar-refractivity contribution in [3.63, 3.8) is 0 Å². The molecule has 3 nitrogen and oxygen atoms in total. The number of fused-ring (bicyclic) bond motifs is 5. The van der Waals surface area contributed by atoms with Crippen molar-refractivity contribution < 1.29 is 0 Å². The van der Waals surface area contributed by atoms with E-state index in [9.17, 15) is 0 Å². The molecule has 0 aliphatic carbocycles. The molecule has 45 heavy (non-hydrogen) atoms. The maximum absolute atomic E-state index is 5.31. The first-order valence-corrected chi connectivity index (χ1v) is 15.3. The third-order valence-corrected chi connectivity index (χ3v) is 9.26. The predicted octanol–water partition coefficient (Wildman–Crippen LogP) is 11.0. The molecule has 3 heteroatoms. The van der Waals surface area contributed by atoms with Crippen LogP contribution in [0.5, 0.6) is 0 Å². The van der Waals surface area contributed by atoms with Gasteiger partial charge in [0.25, 0.3) is 0 Å². The fourth-order valence-corrected chi connectivity index (χ4v) is 7.30. The van der Waals surface area contributed by atoms with Crippen LogP contribution in [-0.2, 0) is 0 Å². The second kappa shape index (κ2) is 9.22. The smallest absolute Gasteiger partial charge is 0.0974 e. The molecule has 8 aromatic carbocycles. The van der Waals surface area contributed by atoms with Crippen LogP contribution in [0.2, 0.25) is 0 Å². The summed E-state index contributed by atoms with van der Waals surface area (Å²) in [6.45, 7) is 0. The van der Waals surface area contributed by atoms with E-state index in [1.165, 1.54) is 54.1 Å². The molecular weight excluding hydrogens is 546 g/mol. The van der Waals surface area contributed by atoms with Crippen molar-refractivity contribution in [3.05, 3.63) is 152 Å². The van der Waals surface area contributed by atoms with Gasteiger partial charge < -0.3 is 4.57 Å². The average Bonchev–Trinajstić information content (AvgIpc) is 3.45. The molecule has 0 N–H and O–H groups in total. The first-order chi connectivity index (χ1) is 22.3. The molecule has 2 heterocycles. The third kappa shape index (κ3) is 3.52. The Balaban J connectivity index is 1.43. The van der Waals surface area contributed by atoms with Crippen molar-refractivity contribution in [2.24, 2.45) is 0 Å². The predicted molar refractivity (Wildman–Crippen MR) is 188 cm³/mol. The van der Waals surface area contributed by atoms with Gasteiger partial charge in [-0.2, -0.15) is 0 Å². The number of hydrogen-bond acceptors (Lipinski definition) is 2. The first-order valence-electron chi connectivity index (χ1n) is 15.3. The summed E-state index contributed by atoms with van der Waals surface area (Å²) in [6.07, 6.45) is 0. The molecular formula is C42H25N3. The highest BCUT2D eigenvalue weighted by Crippen LogP contribution is 2.46. The van der Waals surface area contributed by atoms with Crippen LogP contribution in [-0.4, -0.2) is 14.5 Å². The summed E-state index contributed by atoms with van der Waals surface area (Å²) in [6, 6.07) is 54.1. The topological polar surface area (TPSA) is 30.7 Å². The van der Waals surface area contributed by atoms with E-state index in [1.807, 2.05) is 24.3 Å². The van der Waals surface area contributed by atoms with Crippen LogP contribution in [0.4, 0.5) is 0 Å². The summed E-state index contributed by atoms with van der Waals surface area (Å²) in [5.74, 6) is 0. The van der Waals surface area contributed by atoms with E-state index in [0.717, 1.165) is 39.2 Å². The van der Waals surface area contributed by atoms with E-state index in [1.54, 1.807) is 0 Å². The van der Waals surface area contributed by atoms with Gasteiger partial charge in [0, 0.05) is 27.6 Å². The zero-order valence-electron chi connectivity index (χ0n) is 24.3. The number of rotatable bonds is 3. The average molecular weight is 572 g/mol. The van der Waals surface area contributed by atoms with Crippen molar-refractivity contribution in [2.45, 2.75) is 0 Å². The zero-order valence-corrected chi connectivity index (χ0v) is 24.3. The molecule has 0 saturated heterocycles. The Bertz CT molecular complexity index is 2740. The van der Waals surface area contributed by atoms with E-state index in [-0.39, 0.29) is 0 Å². The minimum absolute atomic E-state index is 0.885. The summed E-state index contributed by atoms with van der Waals surface area (Å²) in [7, 11) is 0. The maximum atomic E-state index is 5.31. The molecule has 0 unspecified atom stereocenters. The molecule has 10 aromatic rings. The lowest BCUT2D eigenvalue weighted by Gasteiger charge is -2.14. The molecule has 0 amide bonds. The Hall–Kier alpha value is -6.06. The van der Waals surface area contributed by atoms with Crippen molar-refractivity contribution in [1.29, 1.82) is 0 Å². The van der Waals surface area contributed by atoms with E-state index in [4.69, 9.17) is 9.97 Å². The molecule has 10 rings (SSSR count). The number of hydrogen-bond donors (Lipinski definition) is 0. The molecule has 0 saturated carbocycles. The van der Waals surface area contributed by atoms with Crippen LogP contribution in [0.15, 0.2) is 152 Å². The van der Waals surface area contributed by atoms with Crippen molar-refractivity contribution >= 4 is 65.2 Å². The van der Waals surface area contributed by atoms with Gasteiger partial charge in [0.05, 0.1) is 33.5 Å². The highest BCUT2D eigenvalue weighted by molar-refractivity contribution is 6.36. The molecule has 0 radical (unpaired) electrons. The maximum Gasteiger partial charge on any atom is 0.0974 e. The molecule has 208 valence electrons. The number of benzene rings is 8. The van der Waals surface area contributed by atoms with Gasteiger partial charge in [-0.3, -0.25) is 0 Å². The van der Waals surface area contributed by atoms with Gasteiger partial charge in [0.2, 0.25) is 0 Å². The zero-order chi connectivity index (χ0) is 29.5. The van der Waals surface area contributed by atoms with Crippen LogP contribution >= 0.6 is 0 Å². The first kappa shape index (κ1) is 24.4. The summed E-state index contributed by atoms with van der Waals surface area (Å²) in [5, 5.41) is 10.1. The lowest BCUT2D eigenvalue weighted by Crippen LogP contribution is -1.97. The molecule has 0 atom stereocenters. The van der Waals surface area contributed by atoms with Crippen LogP contribution < -0.4 is 0 Å². The SMILES string of the molecule is c1ccc(-c2nc3ccccc3nc2-c2cc3c4cc5ccccc5cc4c4cccc5c4c3c(c2)n5-c2ccccc2)cc1. The minimum Gasteiger partial charge on any atom is -0.309 e. The minimum atomic E-state index is 0.885. The molecule has 0 bridgehead atoms. The van der Waals surface area contributed by atoms with Gasteiger partial charge in [-0.25, -0.2) is 9.97 Å². The number of aromatic nitrogens is 3. The van der Waals surface area contributed by atoms with Crippen LogP contribution in [0.3, 0.4) is 0 Å². The summed E-state index contributed by atoms with van der Waals surface area (Å²) < 4.78 is 2.42. The summed E-state index contributed by atoms with van der Waals surface area (Å²) in [4.78, 5) is 10.5. The molecule has 0 aliphatic rings. The second-order valence-corrected chi connectivity index (χ2v) is 11.8. The van der Waals surface area contributed by atoms with Gasteiger partial charge in [-0.15, -0.1) is 0 Å². The van der Waals surface area contributed by atoms with Crippen molar-refractivity contribution in [1.82, 2.24) is 14.5 Å².